The summed E-state index contributed by atoms with van der Waals surface area (Å²) in [4.78, 5) is 26.7. The maximum Gasteiger partial charge on any atom is 0.253 e. The first kappa shape index (κ1) is 22.4. The first-order chi connectivity index (χ1) is 16.7. The van der Waals surface area contributed by atoms with Crippen LogP contribution >= 0.6 is 0 Å². The monoisotopic (exact) mass is 459 g/mol. The van der Waals surface area contributed by atoms with Crippen LogP contribution < -0.4 is 15.0 Å². The van der Waals surface area contributed by atoms with E-state index in [2.05, 4.69) is 29.3 Å². The molecule has 3 heterocycles. The van der Waals surface area contributed by atoms with Crippen LogP contribution in [0.15, 0.2) is 42.5 Å². The number of fused-ring (bicyclic) bond motifs is 1. The largest absolute Gasteiger partial charge is 0.492 e. The number of aromatic nitrogens is 2. The lowest BCUT2D eigenvalue weighted by Gasteiger charge is -2.27. The summed E-state index contributed by atoms with van der Waals surface area (Å²) in [6.07, 6.45) is 5.82. The number of nitrogens with zero attached hydrogens (tertiary/aromatic N) is 4. The molecule has 2 aromatic carbocycles. The summed E-state index contributed by atoms with van der Waals surface area (Å²) in [5.74, 6) is 2.46. The van der Waals surface area contributed by atoms with Crippen molar-refractivity contribution in [3.63, 3.8) is 0 Å². The molecule has 0 saturated carbocycles. The van der Waals surface area contributed by atoms with Gasteiger partial charge in [-0.2, -0.15) is 4.98 Å². The van der Waals surface area contributed by atoms with E-state index in [9.17, 15) is 4.79 Å². The predicted molar refractivity (Wildman–Crippen MR) is 136 cm³/mol. The fourth-order valence-electron chi connectivity index (χ4n) is 4.87. The minimum absolute atomic E-state index is 0.0919. The number of anilines is 2. The molecule has 34 heavy (non-hydrogen) atoms. The van der Waals surface area contributed by atoms with E-state index >= 15 is 0 Å². The molecule has 0 spiro atoms. The Morgan fingerprint density at radius 1 is 0.971 bits per heavy atom. The van der Waals surface area contributed by atoms with Gasteiger partial charge in [-0.15, -0.1) is 0 Å². The van der Waals surface area contributed by atoms with Gasteiger partial charge in [0.1, 0.15) is 18.2 Å². The summed E-state index contributed by atoms with van der Waals surface area (Å²) in [7, 11) is 0. The molecule has 2 saturated heterocycles. The van der Waals surface area contributed by atoms with Gasteiger partial charge in [0, 0.05) is 37.1 Å². The van der Waals surface area contributed by atoms with E-state index < -0.39 is 0 Å². The molecule has 5 rings (SSSR count). The zero-order valence-electron chi connectivity index (χ0n) is 19.9. The summed E-state index contributed by atoms with van der Waals surface area (Å²) in [6.45, 7) is 6.87. The van der Waals surface area contributed by atoms with Crippen LogP contribution in [0.3, 0.4) is 0 Å². The molecule has 0 atom stereocenters. The van der Waals surface area contributed by atoms with Crippen LogP contribution in [0.1, 0.15) is 48.0 Å². The minimum Gasteiger partial charge on any atom is -0.492 e. The Hall–Kier alpha value is -3.35. The van der Waals surface area contributed by atoms with Gasteiger partial charge in [-0.1, -0.05) is 18.2 Å². The Morgan fingerprint density at radius 3 is 2.56 bits per heavy atom. The number of rotatable bonds is 7. The lowest BCUT2D eigenvalue weighted by Crippen LogP contribution is -2.31. The van der Waals surface area contributed by atoms with E-state index in [0.717, 1.165) is 67.3 Å². The number of hydrogen-bond acceptors (Lipinski definition) is 6. The van der Waals surface area contributed by atoms with Gasteiger partial charge in [0.25, 0.3) is 5.91 Å². The number of piperidine rings is 1. The number of ether oxygens (including phenoxy) is 1. The Morgan fingerprint density at radius 2 is 1.74 bits per heavy atom. The molecule has 0 radical (unpaired) electrons. The van der Waals surface area contributed by atoms with Crippen LogP contribution in [-0.4, -0.2) is 60.1 Å². The van der Waals surface area contributed by atoms with Crippen molar-refractivity contribution in [1.82, 2.24) is 14.9 Å². The highest BCUT2D eigenvalue weighted by atomic mass is 16.5. The van der Waals surface area contributed by atoms with Crippen molar-refractivity contribution in [2.45, 2.75) is 39.0 Å². The number of aryl methyl sites for hydroxylation is 1. The van der Waals surface area contributed by atoms with Gasteiger partial charge in [-0.3, -0.25) is 4.79 Å². The van der Waals surface area contributed by atoms with Gasteiger partial charge in [-0.05, 0) is 68.9 Å². The molecule has 7 nitrogen and oxygen atoms in total. The highest BCUT2D eigenvalue weighted by molar-refractivity contribution is 5.95. The van der Waals surface area contributed by atoms with Crippen molar-refractivity contribution in [1.29, 1.82) is 0 Å². The predicted octanol–water partition coefficient (Wildman–Crippen LogP) is 4.66. The number of nitrogens with one attached hydrogen (secondary N) is 1. The van der Waals surface area contributed by atoms with Crippen LogP contribution in [0.5, 0.6) is 5.75 Å². The van der Waals surface area contributed by atoms with Crippen molar-refractivity contribution >= 4 is 28.6 Å². The van der Waals surface area contributed by atoms with Gasteiger partial charge >= 0.3 is 0 Å². The van der Waals surface area contributed by atoms with Gasteiger partial charge in [0.15, 0.2) is 0 Å². The Balaban J connectivity index is 1.26. The second-order valence-corrected chi connectivity index (χ2v) is 9.19. The molecule has 1 aromatic heterocycles. The number of likely N-dealkylation sites (tertiary alicyclic amines) is 1. The lowest BCUT2D eigenvalue weighted by atomic mass is 10.1. The van der Waals surface area contributed by atoms with Crippen molar-refractivity contribution in [2.75, 3.05) is 49.5 Å². The van der Waals surface area contributed by atoms with E-state index in [1.807, 2.05) is 35.2 Å². The van der Waals surface area contributed by atoms with Gasteiger partial charge in [-0.25, -0.2) is 4.98 Å². The standard InChI is InChI=1S/C27H33N5O2/c1-20-9-7-12-23-24(20)25(30-27(29-23)32-16-3-2-4-17-32)28-13-18-34-22-11-8-10-21(19-22)26(33)31-14-5-6-15-31/h7-12,19H,2-6,13-18H2,1H3,(H,28,29,30). The van der Waals surface area contributed by atoms with Crippen LogP contribution in [0.2, 0.25) is 0 Å². The summed E-state index contributed by atoms with van der Waals surface area (Å²) in [5.41, 5.74) is 2.81. The zero-order valence-corrected chi connectivity index (χ0v) is 19.9. The average Bonchev–Trinajstić information content (AvgIpc) is 3.42. The van der Waals surface area contributed by atoms with Gasteiger partial charge < -0.3 is 19.9 Å². The molecular weight excluding hydrogens is 426 g/mol. The smallest absolute Gasteiger partial charge is 0.253 e. The number of benzene rings is 2. The third kappa shape index (κ3) is 4.93. The topological polar surface area (TPSA) is 70.6 Å². The number of hydrogen-bond donors (Lipinski definition) is 1. The molecule has 2 fully saturated rings. The SMILES string of the molecule is Cc1cccc2nc(N3CCCCC3)nc(NCCOc3cccc(C(=O)N4CCCC4)c3)c12. The third-order valence-electron chi connectivity index (χ3n) is 6.70. The normalized spacial score (nSPS) is 16.1. The number of amides is 1. The van der Waals surface area contributed by atoms with Crippen LogP contribution in [-0.2, 0) is 0 Å². The molecule has 0 unspecified atom stereocenters. The molecule has 2 aliphatic rings. The molecule has 0 bridgehead atoms. The molecular formula is C27H33N5O2. The first-order valence-corrected chi connectivity index (χ1v) is 12.5. The zero-order chi connectivity index (χ0) is 23.3. The van der Waals surface area contributed by atoms with Gasteiger partial charge in [0.05, 0.1) is 12.1 Å². The van der Waals surface area contributed by atoms with Gasteiger partial charge in [0.2, 0.25) is 5.95 Å². The molecule has 178 valence electrons. The van der Waals surface area contributed by atoms with E-state index in [0.29, 0.717) is 24.5 Å². The maximum atomic E-state index is 12.7. The first-order valence-electron chi connectivity index (χ1n) is 12.5. The Labute approximate surface area is 201 Å². The van der Waals surface area contributed by atoms with Crippen molar-refractivity contribution in [2.24, 2.45) is 0 Å². The van der Waals surface area contributed by atoms with E-state index in [1.165, 1.54) is 19.3 Å². The Kier molecular flexibility index (Phi) is 6.79. The van der Waals surface area contributed by atoms with E-state index in [-0.39, 0.29) is 5.91 Å². The average molecular weight is 460 g/mol. The quantitative estimate of drug-likeness (QED) is 0.519. The second kappa shape index (κ2) is 10.3. The van der Waals surface area contributed by atoms with Crippen molar-refractivity contribution < 1.29 is 9.53 Å². The van der Waals surface area contributed by atoms with Crippen LogP contribution in [0.4, 0.5) is 11.8 Å². The van der Waals surface area contributed by atoms with Crippen LogP contribution in [0, 0.1) is 6.92 Å². The highest BCUT2D eigenvalue weighted by Crippen LogP contribution is 2.28. The van der Waals surface area contributed by atoms with Crippen molar-refractivity contribution in [3.8, 4) is 5.75 Å². The van der Waals surface area contributed by atoms with Crippen LogP contribution in [0.25, 0.3) is 10.9 Å². The fraction of sp³-hybridized carbons (Fsp3) is 0.444. The van der Waals surface area contributed by atoms with E-state index in [4.69, 9.17) is 14.7 Å². The fourth-order valence-corrected chi connectivity index (χ4v) is 4.87. The summed E-state index contributed by atoms with van der Waals surface area (Å²) in [5, 5.41) is 4.54. The van der Waals surface area contributed by atoms with Crippen molar-refractivity contribution in [3.05, 3.63) is 53.6 Å². The Bertz CT molecular complexity index is 1150. The molecule has 2 aliphatic heterocycles. The molecule has 3 aromatic rings. The summed E-state index contributed by atoms with van der Waals surface area (Å²) >= 11 is 0. The second-order valence-electron chi connectivity index (χ2n) is 9.19. The molecule has 7 heteroatoms. The lowest BCUT2D eigenvalue weighted by molar-refractivity contribution is 0.0792. The van der Waals surface area contributed by atoms with E-state index in [1.54, 1.807) is 0 Å². The molecule has 0 aliphatic carbocycles. The molecule has 1 amide bonds. The summed E-state index contributed by atoms with van der Waals surface area (Å²) in [6, 6.07) is 13.7. The maximum absolute atomic E-state index is 12.7. The number of carbonyl (C=O) groups excluding carboxylic acids is 1. The highest BCUT2D eigenvalue weighted by Gasteiger charge is 2.20. The third-order valence-corrected chi connectivity index (χ3v) is 6.70. The molecule has 1 N–H and O–H groups in total. The minimum atomic E-state index is 0.0919. The number of carbonyl (C=O) groups is 1. The summed E-state index contributed by atoms with van der Waals surface area (Å²) < 4.78 is 5.98.